The highest BCUT2D eigenvalue weighted by atomic mass is 32.2. The van der Waals surface area contributed by atoms with Gasteiger partial charge in [-0.15, -0.1) is 0 Å². The van der Waals surface area contributed by atoms with Crippen LogP contribution in [0.25, 0.3) is 16.9 Å². The maximum Gasteiger partial charge on any atom is 0.223 e. The average molecular weight is 409 g/mol. The molecule has 148 valence electrons. The van der Waals surface area contributed by atoms with Crippen molar-refractivity contribution in [2.45, 2.75) is 12.8 Å². The van der Waals surface area contributed by atoms with Crippen LogP contribution >= 0.6 is 0 Å². The molecule has 9 heteroatoms. The SMILES string of the molecule is Cc1nn(-c2ccc(C3CN(S(C)(=O)=O)C3)cn2)c(O)c1-c1ccc(C#N)cc1. The molecular formula is C20H19N5O3S. The standard InChI is InChI=1S/C20H19N5O3S/c1-13-19(15-5-3-14(9-21)4-6-15)20(26)25(23-13)18-8-7-16(10-22-18)17-11-24(12-17)29(2,27)28/h3-8,10,17,26H,11-12H2,1-2H3. The molecule has 3 heterocycles. The van der Waals surface area contributed by atoms with Gasteiger partial charge in [0.25, 0.3) is 0 Å². The van der Waals surface area contributed by atoms with Crippen molar-refractivity contribution in [1.29, 1.82) is 5.26 Å². The van der Waals surface area contributed by atoms with Crippen LogP contribution in [-0.2, 0) is 10.0 Å². The molecule has 1 fully saturated rings. The molecule has 0 saturated carbocycles. The summed E-state index contributed by atoms with van der Waals surface area (Å²) in [6, 6.07) is 12.6. The van der Waals surface area contributed by atoms with Crippen molar-refractivity contribution in [2.24, 2.45) is 0 Å². The first-order valence-electron chi connectivity index (χ1n) is 8.98. The quantitative estimate of drug-likeness (QED) is 0.707. The van der Waals surface area contributed by atoms with Crippen LogP contribution in [0, 0.1) is 18.3 Å². The van der Waals surface area contributed by atoms with Gasteiger partial charge in [0.05, 0.1) is 29.1 Å². The van der Waals surface area contributed by atoms with Gasteiger partial charge in [-0.3, -0.25) is 0 Å². The molecule has 8 nitrogen and oxygen atoms in total. The fraction of sp³-hybridized carbons (Fsp3) is 0.250. The predicted octanol–water partition coefficient (Wildman–Crippen LogP) is 2.18. The molecule has 1 N–H and O–H groups in total. The van der Waals surface area contributed by atoms with Gasteiger partial charge in [-0.2, -0.15) is 15.0 Å². The molecule has 1 saturated heterocycles. The lowest BCUT2D eigenvalue weighted by Gasteiger charge is -2.37. The van der Waals surface area contributed by atoms with E-state index in [1.165, 1.54) is 15.2 Å². The van der Waals surface area contributed by atoms with E-state index in [1.807, 2.05) is 6.07 Å². The maximum atomic E-state index is 11.5. The van der Waals surface area contributed by atoms with E-state index in [0.717, 1.165) is 11.1 Å². The molecule has 0 spiro atoms. The number of hydrogen-bond donors (Lipinski definition) is 1. The van der Waals surface area contributed by atoms with E-state index in [-0.39, 0.29) is 11.8 Å². The molecule has 2 aromatic heterocycles. The van der Waals surface area contributed by atoms with Crippen molar-refractivity contribution in [2.75, 3.05) is 19.3 Å². The van der Waals surface area contributed by atoms with Gasteiger partial charge in [0, 0.05) is 25.2 Å². The third kappa shape index (κ3) is 3.48. The normalized spacial score (nSPS) is 15.1. The van der Waals surface area contributed by atoms with E-state index >= 15 is 0 Å². The molecule has 3 aromatic rings. The Bertz CT molecular complexity index is 1200. The predicted molar refractivity (Wildman–Crippen MR) is 107 cm³/mol. The first-order valence-corrected chi connectivity index (χ1v) is 10.8. The fourth-order valence-corrected chi connectivity index (χ4v) is 4.31. The van der Waals surface area contributed by atoms with Gasteiger partial charge >= 0.3 is 0 Å². The summed E-state index contributed by atoms with van der Waals surface area (Å²) in [5, 5.41) is 24.1. The van der Waals surface area contributed by atoms with Crippen LogP contribution in [-0.4, -0.2) is 51.9 Å². The third-order valence-electron chi connectivity index (χ3n) is 5.11. The number of hydrogen-bond acceptors (Lipinski definition) is 6. The largest absolute Gasteiger partial charge is 0.493 e. The van der Waals surface area contributed by atoms with E-state index < -0.39 is 10.0 Å². The number of nitriles is 1. The van der Waals surface area contributed by atoms with Gasteiger partial charge < -0.3 is 5.11 Å². The number of sulfonamides is 1. The maximum absolute atomic E-state index is 11.5. The molecule has 0 unspecified atom stereocenters. The van der Waals surface area contributed by atoms with Crippen LogP contribution in [0.5, 0.6) is 5.88 Å². The topological polar surface area (TPSA) is 112 Å². The Morgan fingerprint density at radius 3 is 2.41 bits per heavy atom. The minimum Gasteiger partial charge on any atom is -0.493 e. The number of aromatic nitrogens is 3. The lowest BCUT2D eigenvalue weighted by molar-refractivity contribution is 0.265. The number of aromatic hydroxyl groups is 1. The number of rotatable bonds is 4. The summed E-state index contributed by atoms with van der Waals surface area (Å²) >= 11 is 0. The van der Waals surface area contributed by atoms with E-state index in [0.29, 0.717) is 35.7 Å². The zero-order chi connectivity index (χ0) is 20.8. The Balaban J connectivity index is 1.59. The molecular weight excluding hydrogens is 390 g/mol. The van der Waals surface area contributed by atoms with Crippen molar-refractivity contribution in [3.8, 4) is 28.9 Å². The van der Waals surface area contributed by atoms with Crippen LogP contribution in [0.3, 0.4) is 0 Å². The number of benzene rings is 1. The Labute approximate surface area is 168 Å². The number of pyridine rings is 1. The lowest BCUT2D eigenvalue weighted by Crippen LogP contribution is -2.47. The zero-order valence-electron chi connectivity index (χ0n) is 15.9. The Morgan fingerprint density at radius 1 is 1.17 bits per heavy atom. The van der Waals surface area contributed by atoms with Crippen LogP contribution in [0.15, 0.2) is 42.6 Å². The van der Waals surface area contributed by atoms with E-state index in [1.54, 1.807) is 43.5 Å². The van der Waals surface area contributed by atoms with Gasteiger partial charge in [-0.1, -0.05) is 18.2 Å². The Morgan fingerprint density at radius 2 is 1.86 bits per heavy atom. The summed E-state index contributed by atoms with van der Waals surface area (Å²) in [5.74, 6) is 0.557. The second-order valence-corrected chi connectivity index (χ2v) is 9.09. The van der Waals surface area contributed by atoms with Crippen LogP contribution in [0.1, 0.15) is 22.7 Å². The Hall–Kier alpha value is -3.22. The van der Waals surface area contributed by atoms with Crippen LogP contribution in [0.2, 0.25) is 0 Å². The van der Waals surface area contributed by atoms with E-state index in [2.05, 4.69) is 16.2 Å². The smallest absolute Gasteiger partial charge is 0.223 e. The zero-order valence-corrected chi connectivity index (χ0v) is 16.8. The summed E-state index contributed by atoms with van der Waals surface area (Å²) in [6.45, 7) is 2.70. The summed E-state index contributed by atoms with van der Waals surface area (Å²) in [7, 11) is -3.15. The van der Waals surface area contributed by atoms with Crippen molar-refractivity contribution in [1.82, 2.24) is 19.1 Å². The second-order valence-electron chi connectivity index (χ2n) is 7.11. The highest BCUT2D eigenvalue weighted by Gasteiger charge is 2.34. The van der Waals surface area contributed by atoms with E-state index in [9.17, 15) is 13.5 Å². The molecule has 0 radical (unpaired) electrons. The molecule has 4 rings (SSSR count). The Kier molecular flexibility index (Phi) is 4.61. The van der Waals surface area contributed by atoms with Crippen LogP contribution < -0.4 is 0 Å². The summed E-state index contributed by atoms with van der Waals surface area (Å²) in [5.41, 5.74) is 3.48. The van der Waals surface area contributed by atoms with Gasteiger partial charge in [0.2, 0.25) is 15.9 Å². The summed E-state index contributed by atoms with van der Waals surface area (Å²) in [4.78, 5) is 4.40. The molecule has 1 aromatic carbocycles. The first-order chi connectivity index (χ1) is 13.8. The highest BCUT2D eigenvalue weighted by Crippen LogP contribution is 2.34. The number of nitrogens with zero attached hydrogens (tertiary/aromatic N) is 5. The second kappa shape index (κ2) is 6.99. The van der Waals surface area contributed by atoms with Crippen molar-refractivity contribution in [3.05, 3.63) is 59.4 Å². The molecule has 0 atom stereocenters. The lowest BCUT2D eigenvalue weighted by atomic mass is 9.95. The van der Waals surface area contributed by atoms with Gasteiger partial charge in [-0.25, -0.2) is 17.7 Å². The summed E-state index contributed by atoms with van der Waals surface area (Å²) < 4.78 is 25.8. The van der Waals surface area contributed by atoms with Gasteiger partial charge in [0.15, 0.2) is 5.82 Å². The molecule has 0 bridgehead atoms. The molecule has 29 heavy (non-hydrogen) atoms. The minimum absolute atomic E-state index is 0.0284. The van der Waals surface area contributed by atoms with Crippen molar-refractivity contribution < 1.29 is 13.5 Å². The van der Waals surface area contributed by atoms with Crippen LogP contribution in [0.4, 0.5) is 0 Å². The molecule has 0 aliphatic carbocycles. The first kappa shape index (κ1) is 19.1. The van der Waals surface area contributed by atoms with E-state index in [4.69, 9.17) is 5.26 Å². The fourth-order valence-electron chi connectivity index (χ4n) is 3.41. The molecule has 1 aliphatic heterocycles. The van der Waals surface area contributed by atoms with Crippen molar-refractivity contribution in [3.63, 3.8) is 0 Å². The monoisotopic (exact) mass is 409 g/mol. The molecule has 1 aliphatic rings. The molecule has 0 amide bonds. The van der Waals surface area contributed by atoms with Gasteiger partial charge in [0.1, 0.15) is 0 Å². The minimum atomic E-state index is -3.15. The van der Waals surface area contributed by atoms with Gasteiger partial charge in [-0.05, 0) is 36.2 Å². The number of aryl methyl sites for hydroxylation is 1. The summed E-state index contributed by atoms with van der Waals surface area (Å²) in [6.07, 6.45) is 2.90. The third-order valence-corrected chi connectivity index (χ3v) is 6.35. The highest BCUT2D eigenvalue weighted by molar-refractivity contribution is 7.88. The van der Waals surface area contributed by atoms with Crippen molar-refractivity contribution >= 4 is 10.0 Å². The average Bonchev–Trinajstić information content (AvgIpc) is 2.94.